The van der Waals surface area contributed by atoms with Crippen LogP contribution in [0.25, 0.3) is 0 Å². The smallest absolute Gasteiger partial charge is 0.414 e. The lowest BCUT2D eigenvalue weighted by molar-refractivity contribution is -0.137. The van der Waals surface area contributed by atoms with Crippen LogP contribution in [0.1, 0.15) is 101 Å². The highest BCUT2D eigenvalue weighted by atomic mass is 16.6. The minimum Gasteiger partial charge on any atom is -0.493 e. The van der Waals surface area contributed by atoms with Crippen molar-refractivity contribution in [3.05, 3.63) is 148 Å². The highest BCUT2D eigenvalue weighted by molar-refractivity contribution is 6.13. The summed E-state index contributed by atoms with van der Waals surface area (Å²) in [6.07, 6.45) is 7.83. The third kappa shape index (κ3) is 25.2. The maximum absolute atomic E-state index is 14.4. The van der Waals surface area contributed by atoms with Gasteiger partial charge in [-0.3, -0.25) is 58.1 Å². The Bertz CT molecular complexity index is 4210. The molecule has 4 atom stereocenters. The molecular formula is C83H104N10O21. The summed E-state index contributed by atoms with van der Waals surface area (Å²) in [4.78, 5) is 132. The summed E-state index contributed by atoms with van der Waals surface area (Å²) in [6, 6.07) is 25.3. The molecule has 31 nitrogen and oxygen atoms in total. The van der Waals surface area contributed by atoms with E-state index in [1.54, 1.807) is 75.3 Å². The van der Waals surface area contributed by atoms with Gasteiger partial charge in [0.2, 0.25) is 23.6 Å². The van der Waals surface area contributed by atoms with E-state index in [0.29, 0.717) is 195 Å². The van der Waals surface area contributed by atoms with Crippen LogP contribution in [0.2, 0.25) is 0 Å². The standard InChI is InChI=1S/C83H104N10O21/c1-55(2)78(89-75(95)22-28-105-30-32-107-34-36-109-38-40-111-42-41-110-39-37-108-35-33-106-31-29-104-25-9-23-84-74(94)21-24-91-76(96)19-20-77(91)97)80(99)87-57(4)79(98)88-63-16-13-58(14-17-63)54-114-83(102)90(5)64-18-15-60-45-66-51-86-70-49-73(72(103-6)47-68(70)82(101)93(66)53-62(60)46-64)113-27-10-26-112-71-48-69-67(43-56(71)3)81(100)92-52-61-12-8-7-11-59(61)44-65(92)50-85-69/h7-8,11-20,43,46-51,55,57,65-66,78H,9-10,21-42,44-45,52-54H2,1-6H3,(H,84,94)(H,87,99)(H,88,98)(H,89,95)/t57-,65?,66?,78-/m0/s1. The number of benzene rings is 5. The van der Waals surface area contributed by atoms with Crippen LogP contribution in [-0.4, -0.2) is 251 Å². The van der Waals surface area contributed by atoms with Gasteiger partial charge >= 0.3 is 6.09 Å². The highest BCUT2D eigenvalue weighted by Crippen LogP contribution is 2.40. The second-order valence-corrected chi connectivity index (χ2v) is 28.0. The van der Waals surface area contributed by atoms with Crippen LogP contribution in [0.5, 0.6) is 17.2 Å². The Morgan fingerprint density at radius 1 is 0.535 bits per heavy atom. The van der Waals surface area contributed by atoms with Crippen molar-refractivity contribution in [3.8, 4) is 17.2 Å². The second kappa shape index (κ2) is 44.2. The number of carbonyl (C=O) groups excluding carboxylic acids is 9. The van der Waals surface area contributed by atoms with Crippen LogP contribution < -0.4 is 40.4 Å². The van der Waals surface area contributed by atoms with Crippen LogP contribution in [0.3, 0.4) is 0 Å². The number of ether oxygens (including phenoxy) is 12. The zero-order valence-corrected chi connectivity index (χ0v) is 65.6. The van der Waals surface area contributed by atoms with Gasteiger partial charge in [0.05, 0.1) is 154 Å². The van der Waals surface area contributed by atoms with Crippen LogP contribution >= 0.6 is 0 Å². The number of aliphatic imine (C=N–C) groups is 2. The van der Waals surface area contributed by atoms with E-state index in [1.165, 1.54) is 29.7 Å². The summed E-state index contributed by atoms with van der Waals surface area (Å²) >= 11 is 0. The van der Waals surface area contributed by atoms with Gasteiger partial charge in [-0.15, -0.1) is 0 Å². The second-order valence-electron chi connectivity index (χ2n) is 28.0. The summed E-state index contributed by atoms with van der Waals surface area (Å²) in [5.41, 5.74) is 8.69. The molecule has 0 saturated heterocycles. The Balaban J connectivity index is 0.531. The summed E-state index contributed by atoms with van der Waals surface area (Å²) in [7, 11) is 3.13. The molecule has 0 aliphatic carbocycles. The van der Waals surface area contributed by atoms with E-state index in [2.05, 4.69) is 33.4 Å². The average Bonchev–Trinajstić information content (AvgIpc) is 1.50. The topological polar surface area (TPSA) is 350 Å². The van der Waals surface area contributed by atoms with Gasteiger partial charge in [-0.1, -0.05) is 56.3 Å². The summed E-state index contributed by atoms with van der Waals surface area (Å²) in [5, 5.41) is 11.0. The van der Waals surface area contributed by atoms with Crippen molar-refractivity contribution in [1.82, 2.24) is 30.7 Å². The molecule has 612 valence electrons. The lowest BCUT2D eigenvalue weighted by atomic mass is 9.93. The molecule has 5 aromatic carbocycles. The first-order chi connectivity index (χ1) is 55.3. The molecule has 114 heavy (non-hydrogen) atoms. The molecule has 0 spiro atoms. The van der Waals surface area contributed by atoms with Gasteiger partial charge in [0.1, 0.15) is 24.4 Å². The lowest BCUT2D eigenvalue weighted by Crippen LogP contribution is -2.53. The van der Waals surface area contributed by atoms with E-state index < -0.39 is 47.7 Å². The fraction of sp³-hybridized carbons (Fsp3) is 0.482. The Hall–Kier alpha value is -10.5. The van der Waals surface area contributed by atoms with Crippen molar-refractivity contribution in [3.63, 3.8) is 0 Å². The SMILES string of the molecule is COc1cc2c(cc1OCCCOc1cc3c(cc1C)C(=O)N1Cc4ccccc4CC1C=N3)N=CC1Cc3ccc(N(C)C(=O)OCc4ccc(NC(=O)[C@H](C)NC(=O)[C@@H](NC(=O)CCOCCOCCOCCOCCOCCOCCOCCOCCCNC(=O)CCN5C(=O)C=CC5=O)C(C)C)cc4)cc3CN1C2=O. The van der Waals surface area contributed by atoms with Gasteiger partial charge in [-0.25, -0.2) is 4.79 Å². The zero-order valence-electron chi connectivity index (χ0n) is 65.6. The molecule has 2 unspecified atom stereocenters. The molecule has 0 radical (unpaired) electrons. The summed E-state index contributed by atoms with van der Waals surface area (Å²) < 4.78 is 68.1. The first kappa shape index (κ1) is 85.9. The van der Waals surface area contributed by atoms with Gasteiger partial charge in [-0.2, -0.15) is 0 Å². The van der Waals surface area contributed by atoms with Crippen LogP contribution in [0.4, 0.5) is 27.5 Å². The predicted octanol–water partition coefficient (Wildman–Crippen LogP) is 7.12. The van der Waals surface area contributed by atoms with E-state index in [-0.39, 0.29) is 88.1 Å². The van der Waals surface area contributed by atoms with Crippen molar-refractivity contribution in [1.29, 1.82) is 0 Å². The number of fused-ring (bicyclic) bond motifs is 6. The monoisotopic (exact) mass is 1580 g/mol. The fourth-order valence-electron chi connectivity index (χ4n) is 12.9. The molecule has 0 aromatic heterocycles. The number of imide groups is 1. The number of aryl methyl sites for hydroxylation is 1. The molecule has 5 heterocycles. The normalized spacial score (nSPS) is 15.7. The highest BCUT2D eigenvalue weighted by Gasteiger charge is 2.36. The van der Waals surface area contributed by atoms with Crippen molar-refractivity contribution in [2.24, 2.45) is 15.9 Å². The number of carbonyl (C=O) groups is 9. The van der Waals surface area contributed by atoms with E-state index in [0.717, 1.165) is 27.2 Å². The maximum atomic E-state index is 14.4. The van der Waals surface area contributed by atoms with Crippen molar-refractivity contribution in [2.45, 2.75) is 110 Å². The Kier molecular flexibility index (Phi) is 33.3. The van der Waals surface area contributed by atoms with Crippen molar-refractivity contribution in [2.75, 3.05) is 156 Å². The average molecular weight is 1580 g/mol. The van der Waals surface area contributed by atoms with Gasteiger partial charge in [-0.05, 0) is 109 Å². The minimum absolute atomic E-state index is 0.00454. The number of hydrogen-bond acceptors (Lipinski definition) is 23. The first-order valence-electron chi connectivity index (χ1n) is 38.7. The number of nitrogens with one attached hydrogen (secondary N) is 4. The molecule has 5 aliphatic heterocycles. The Morgan fingerprint density at radius 2 is 1.06 bits per heavy atom. The maximum Gasteiger partial charge on any atom is 0.414 e. The molecule has 0 saturated carbocycles. The van der Waals surface area contributed by atoms with E-state index >= 15 is 0 Å². The number of nitrogens with zero attached hydrogens (tertiary/aromatic N) is 6. The van der Waals surface area contributed by atoms with Gasteiger partial charge in [0.25, 0.3) is 23.6 Å². The van der Waals surface area contributed by atoms with Gasteiger partial charge < -0.3 is 87.9 Å². The van der Waals surface area contributed by atoms with E-state index in [4.69, 9.17) is 66.8 Å². The van der Waals surface area contributed by atoms with Crippen molar-refractivity contribution >= 4 is 88.5 Å². The number of methoxy groups -OCH3 is 1. The molecule has 5 aliphatic rings. The quantitative estimate of drug-likeness (QED) is 0.0222. The molecule has 31 heteroatoms. The van der Waals surface area contributed by atoms with Crippen LogP contribution in [-0.2, 0) is 104 Å². The molecule has 5 aromatic rings. The third-order valence-corrected chi connectivity index (χ3v) is 19.4. The van der Waals surface area contributed by atoms with E-state index in [9.17, 15) is 43.2 Å². The Labute approximate surface area is 663 Å². The Morgan fingerprint density at radius 3 is 1.64 bits per heavy atom. The van der Waals surface area contributed by atoms with E-state index in [1.807, 2.05) is 60.5 Å². The molecule has 10 rings (SSSR count). The molecule has 9 amide bonds. The molecule has 0 bridgehead atoms. The number of hydrogen-bond donors (Lipinski definition) is 4. The molecular weight excluding hydrogens is 1470 g/mol. The van der Waals surface area contributed by atoms with Gasteiger partial charge in [0.15, 0.2) is 11.5 Å². The zero-order chi connectivity index (χ0) is 80.7. The third-order valence-electron chi connectivity index (χ3n) is 19.4. The summed E-state index contributed by atoms with van der Waals surface area (Å²) in [5.74, 6) is -1.58. The number of rotatable bonds is 47. The van der Waals surface area contributed by atoms with Crippen LogP contribution in [0.15, 0.2) is 113 Å². The largest absolute Gasteiger partial charge is 0.493 e. The predicted molar refractivity (Wildman–Crippen MR) is 421 cm³/mol. The lowest BCUT2D eigenvalue weighted by Gasteiger charge is -2.34. The molecule has 4 N–H and O–H groups in total. The first-order valence-corrected chi connectivity index (χ1v) is 38.7. The summed E-state index contributed by atoms with van der Waals surface area (Å²) in [6.45, 7) is 14.7. The van der Waals surface area contributed by atoms with Crippen LogP contribution in [0, 0.1) is 12.8 Å². The number of amides is 9. The fourth-order valence-corrected chi connectivity index (χ4v) is 12.9. The van der Waals surface area contributed by atoms with Crippen molar-refractivity contribution < 1.29 is 100.0 Å². The van der Waals surface area contributed by atoms with Gasteiger partial charge in [0, 0.05) is 107 Å². The minimum atomic E-state index is -0.961. The molecule has 0 fully saturated rings. The number of anilines is 2.